The van der Waals surface area contributed by atoms with Gasteiger partial charge in [0.15, 0.2) is 0 Å². The van der Waals surface area contributed by atoms with E-state index in [9.17, 15) is 14.9 Å². The SMILES string of the molecule is CCOCCCN1C(=O)C(C#N)=C(C)/C(=C\c2cn(-c3ccccc3)nc2-c2ccc(OC)cc2C)C1=O. The summed E-state index contributed by atoms with van der Waals surface area (Å²) < 4.78 is 12.5. The molecule has 1 aliphatic heterocycles. The third-order valence-corrected chi connectivity index (χ3v) is 6.45. The fraction of sp³-hybridized carbons (Fsp3) is 0.267. The number of methoxy groups -OCH3 is 1. The van der Waals surface area contributed by atoms with Crippen LogP contribution in [0.25, 0.3) is 23.0 Å². The molecule has 0 radical (unpaired) electrons. The van der Waals surface area contributed by atoms with Gasteiger partial charge in [-0.3, -0.25) is 14.5 Å². The molecule has 8 nitrogen and oxygen atoms in total. The maximum atomic E-state index is 13.6. The molecule has 0 saturated heterocycles. The second kappa shape index (κ2) is 11.7. The Morgan fingerprint density at radius 1 is 1.08 bits per heavy atom. The Hall–Kier alpha value is -4.48. The number of hydrogen-bond acceptors (Lipinski definition) is 6. The normalized spacial score (nSPS) is 14.8. The van der Waals surface area contributed by atoms with Crippen molar-refractivity contribution in [1.82, 2.24) is 14.7 Å². The molecule has 4 rings (SSSR count). The number of aromatic nitrogens is 2. The van der Waals surface area contributed by atoms with Crippen molar-refractivity contribution in [3.8, 4) is 28.8 Å². The second-order valence-corrected chi connectivity index (χ2v) is 8.88. The van der Waals surface area contributed by atoms with Crippen LogP contribution >= 0.6 is 0 Å². The molecule has 0 N–H and O–H groups in total. The molecule has 0 aliphatic carbocycles. The van der Waals surface area contributed by atoms with E-state index in [1.54, 1.807) is 24.8 Å². The van der Waals surface area contributed by atoms with E-state index in [1.807, 2.05) is 74.6 Å². The average molecular weight is 511 g/mol. The summed E-state index contributed by atoms with van der Waals surface area (Å²) in [6.45, 7) is 6.63. The largest absolute Gasteiger partial charge is 0.497 e. The highest BCUT2D eigenvalue weighted by Gasteiger charge is 2.35. The Morgan fingerprint density at radius 3 is 2.50 bits per heavy atom. The minimum absolute atomic E-state index is 0.0371. The third kappa shape index (κ3) is 5.29. The van der Waals surface area contributed by atoms with Crippen LogP contribution < -0.4 is 4.74 Å². The molecule has 2 heterocycles. The van der Waals surface area contributed by atoms with E-state index < -0.39 is 11.8 Å². The molecule has 0 spiro atoms. The number of carbonyl (C=O) groups excluding carboxylic acids is 2. The standard InChI is InChI=1S/C30H30N4O4/c1-5-38-15-9-14-33-29(35)26(21(3)27(18-31)30(33)36)17-22-19-34(23-10-7-6-8-11-23)32-28(22)25-13-12-24(37-4)16-20(25)2/h6-8,10-13,16-17,19H,5,9,14-15H2,1-4H3/b26-17+. The van der Waals surface area contributed by atoms with Gasteiger partial charge >= 0.3 is 0 Å². The summed E-state index contributed by atoms with van der Waals surface area (Å²) in [4.78, 5) is 27.6. The van der Waals surface area contributed by atoms with Gasteiger partial charge < -0.3 is 9.47 Å². The van der Waals surface area contributed by atoms with Crippen molar-refractivity contribution in [1.29, 1.82) is 5.26 Å². The van der Waals surface area contributed by atoms with Gasteiger partial charge in [0.2, 0.25) is 0 Å². The number of hydrogen-bond donors (Lipinski definition) is 0. The third-order valence-electron chi connectivity index (χ3n) is 6.45. The minimum atomic E-state index is -0.574. The number of amides is 2. The van der Waals surface area contributed by atoms with Crippen molar-refractivity contribution >= 4 is 17.9 Å². The van der Waals surface area contributed by atoms with Crippen LogP contribution in [-0.4, -0.2) is 53.4 Å². The quantitative estimate of drug-likeness (QED) is 0.231. The number of imide groups is 1. The van der Waals surface area contributed by atoms with Gasteiger partial charge in [0.1, 0.15) is 23.1 Å². The lowest BCUT2D eigenvalue weighted by atomic mass is 9.92. The van der Waals surface area contributed by atoms with Crippen molar-refractivity contribution in [3.05, 3.63) is 82.6 Å². The maximum Gasteiger partial charge on any atom is 0.271 e. The number of nitrogens with zero attached hydrogens (tertiary/aromatic N) is 4. The lowest BCUT2D eigenvalue weighted by molar-refractivity contribution is -0.140. The van der Waals surface area contributed by atoms with Gasteiger partial charge in [-0.05, 0) is 74.7 Å². The summed E-state index contributed by atoms with van der Waals surface area (Å²) in [6.07, 6.45) is 4.06. The monoisotopic (exact) mass is 510 g/mol. The fourth-order valence-electron chi connectivity index (χ4n) is 4.40. The Balaban J connectivity index is 1.85. The molecular formula is C30H30N4O4. The van der Waals surface area contributed by atoms with Crippen molar-refractivity contribution in [3.63, 3.8) is 0 Å². The number of carbonyl (C=O) groups is 2. The van der Waals surface area contributed by atoms with Crippen LogP contribution in [0.2, 0.25) is 0 Å². The van der Waals surface area contributed by atoms with Crippen LogP contribution in [0.5, 0.6) is 5.75 Å². The first kappa shape index (κ1) is 26.6. The number of benzene rings is 2. The minimum Gasteiger partial charge on any atom is -0.497 e. The van der Waals surface area contributed by atoms with Crippen molar-refractivity contribution in [2.24, 2.45) is 0 Å². The highest BCUT2D eigenvalue weighted by atomic mass is 16.5. The predicted octanol–water partition coefficient (Wildman–Crippen LogP) is 4.88. The van der Waals surface area contributed by atoms with Gasteiger partial charge in [0.25, 0.3) is 11.8 Å². The van der Waals surface area contributed by atoms with E-state index in [1.165, 1.54) is 0 Å². The summed E-state index contributed by atoms with van der Waals surface area (Å²) in [5.74, 6) is -0.280. The molecule has 0 fully saturated rings. The molecule has 3 aromatic rings. The highest BCUT2D eigenvalue weighted by Crippen LogP contribution is 2.33. The summed E-state index contributed by atoms with van der Waals surface area (Å²) in [5.41, 5.74) is 4.65. The lowest BCUT2D eigenvalue weighted by Gasteiger charge is -2.27. The molecule has 2 amide bonds. The first-order chi connectivity index (χ1) is 18.4. The highest BCUT2D eigenvalue weighted by molar-refractivity contribution is 6.19. The fourth-order valence-corrected chi connectivity index (χ4v) is 4.40. The van der Waals surface area contributed by atoms with Crippen LogP contribution in [-0.2, 0) is 14.3 Å². The summed E-state index contributed by atoms with van der Waals surface area (Å²) >= 11 is 0. The van der Waals surface area contributed by atoms with E-state index >= 15 is 0 Å². The summed E-state index contributed by atoms with van der Waals surface area (Å²) in [5, 5.41) is 14.6. The van der Waals surface area contributed by atoms with Crippen LogP contribution in [0, 0.1) is 18.3 Å². The molecule has 8 heteroatoms. The zero-order valence-electron chi connectivity index (χ0n) is 22.0. The molecule has 194 valence electrons. The van der Waals surface area contributed by atoms with Crippen molar-refractivity contribution < 1.29 is 19.1 Å². The Kier molecular flexibility index (Phi) is 8.19. The topological polar surface area (TPSA) is 97.5 Å². The zero-order valence-corrected chi connectivity index (χ0v) is 22.0. The Labute approximate surface area is 222 Å². The number of ether oxygens (including phenoxy) is 2. The Bertz CT molecular complexity index is 1460. The van der Waals surface area contributed by atoms with Crippen molar-refractivity contribution in [2.45, 2.75) is 27.2 Å². The van der Waals surface area contributed by atoms with E-state index in [2.05, 4.69) is 0 Å². The maximum absolute atomic E-state index is 13.6. The van der Waals surface area contributed by atoms with E-state index in [4.69, 9.17) is 14.6 Å². The number of rotatable bonds is 9. The van der Waals surface area contributed by atoms with Gasteiger partial charge in [-0.15, -0.1) is 0 Å². The predicted molar refractivity (Wildman–Crippen MR) is 144 cm³/mol. The average Bonchev–Trinajstić information content (AvgIpc) is 3.35. The molecule has 2 aromatic carbocycles. The molecule has 1 aromatic heterocycles. The first-order valence-electron chi connectivity index (χ1n) is 12.5. The van der Waals surface area contributed by atoms with E-state index in [-0.39, 0.29) is 17.7 Å². The molecule has 0 saturated carbocycles. The molecule has 0 atom stereocenters. The van der Waals surface area contributed by atoms with Gasteiger partial charge in [-0.2, -0.15) is 10.4 Å². The molecule has 1 aliphatic rings. The van der Waals surface area contributed by atoms with Crippen LogP contribution in [0.4, 0.5) is 0 Å². The second-order valence-electron chi connectivity index (χ2n) is 8.88. The molecule has 38 heavy (non-hydrogen) atoms. The summed E-state index contributed by atoms with van der Waals surface area (Å²) in [6, 6.07) is 17.4. The van der Waals surface area contributed by atoms with Gasteiger partial charge in [-0.25, -0.2) is 4.68 Å². The smallest absolute Gasteiger partial charge is 0.271 e. The van der Waals surface area contributed by atoms with Crippen LogP contribution in [0.3, 0.4) is 0 Å². The van der Waals surface area contributed by atoms with Crippen LogP contribution in [0.15, 0.2) is 71.4 Å². The number of aryl methyl sites for hydroxylation is 1. The molecular weight excluding hydrogens is 480 g/mol. The van der Waals surface area contributed by atoms with Crippen LogP contribution in [0.1, 0.15) is 31.4 Å². The molecule has 0 unspecified atom stereocenters. The molecule has 0 bridgehead atoms. The van der Waals surface area contributed by atoms with Crippen molar-refractivity contribution in [2.75, 3.05) is 26.9 Å². The van der Waals surface area contributed by atoms with E-state index in [0.29, 0.717) is 36.5 Å². The van der Waals surface area contributed by atoms with Gasteiger partial charge in [0.05, 0.1) is 12.8 Å². The number of nitriles is 1. The summed E-state index contributed by atoms with van der Waals surface area (Å²) in [7, 11) is 1.62. The Morgan fingerprint density at radius 2 is 1.84 bits per heavy atom. The zero-order chi connectivity index (χ0) is 27.2. The lowest BCUT2D eigenvalue weighted by Crippen LogP contribution is -2.43. The number of para-hydroxylation sites is 1. The van der Waals surface area contributed by atoms with Gasteiger partial charge in [0, 0.05) is 42.7 Å². The first-order valence-corrected chi connectivity index (χ1v) is 12.5. The van der Waals surface area contributed by atoms with E-state index in [0.717, 1.165) is 27.5 Å². The van der Waals surface area contributed by atoms with Gasteiger partial charge in [-0.1, -0.05) is 18.2 Å².